The van der Waals surface area contributed by atoms with Gasteiger partial charge in [-0.3, -0.25) is 0 Å². The van der Waals surface area contributed by atoms with Crippen LogP contribution < -0.4 is 0 Å². The monoisotopic (exact) mass is 182 g/mol. The molecule has 13 heavy (non-hydrogen) atoms. The summed E-state index contributed by atoms with van der Waals surface area (Å²) in [5.41, 5.74) is 8.16. The Morgan fingerprint density at radius 2 is 2.31 bits per heavy atom. The van der Waals surface area contributed by atoms with Gasteiger partial charge in [-0.05, 0) is 31.8 Å². The maximum absolute atomic E-state index is 8.16. The predicted octanol–water partition coefficient (Wildman–Crippen LogP) is 2.56. The van der Waals surface area contributed by atoms with Crippen molar-refractivity contribution in [3.8, 4) is 0 Å². The lowest BCUT2D eigenvalue weighted by molar-refractivity contribution is 0.220. The molecule has 74 valence electrons. The lowest BCUT2D eigenvalue weighted by Gasteiger charge is -2.25. The van der Waals surface area contributed by atoms with Crippen molar-refractivity contribution in [3.63, 3.8) is 0 Å². The van der Waals surface area contributed by atoms with Crippen molar-refractivity contribution in [2.45, 2.75) is 38.6 Å². The molecule has 0 aromatic rings. The molecule has 0 aliphatic carbocycles. The van der Waals surface area contributed by atoms with Gasteiger partial charge in [0, 0.05) is 24.0 Å². The van der Waals surface area contributed by atoms with Crippen LogP contribution in [0.3, 0.4) is 0 Å². The molecule has 1 aliphatic heterocycles. The first-order valence-electron chi connectivity index (χ1n) is 5.09. The average Bonchev–Trinajstić information content (AvgIpc) is 2.32. The Morgan fingerprint density at radius 3 is 3.08 bits per heavy atom. The fourth-order valence-corrected chi connectivity index (χ4v) is 1.88. The summed E-state index contributed by atoms with van der Waals surface area (Å²) in [6.45, 7) is 4.97. The topological polar surface area (TPSA) is 52.0 Å². The van der Waals surface area contributed by atoms with Gasteiger partial charge in [-0.2, -0.15) is 0 Å². The van der Waals surface area contributed by atoms with Crippen molar-refractivity contribution in [2.75, 3.05) is 19.6 Å². The highest BCUT2D eigenvalue weighted by atomic mass is 15.2. The van der Waals surface area contributed by atoms with E-state index in [2.05, 4.69) is 21.8 Å². The number of hydrogen-bond donors (Lipinski definition) is 0. The van der Waals surface area contributed by atoms with E-state index in [4.69, 9.17) is 5.53 Å². The van der Waals surface area contributed by atoms with Crippen LogP contribution in [0.1, 0.15) is 32.6 Å². The summed E-state index contributed by atoms with van der Waals surface area (Å²) in [5.74, 6) is 0. The van der Waals surface area contributed by atoms with Crippen LogP contribution in [0.25, 0.3) is 10.4 Å². The second-order valence-corrected chi connectivity index (χ2v) is 3.69. The van der Waals surface area contributed by atoms with E-state index in [9.17, 15) is 0 Å². The van der Waals surface area contributed by atoms with Crippen molar-refractivity contribution in [1.29, 1.82) is 0 Å². The van der Waals surface area contributed by atoms with E-state index >= 15 is 0 Å². The van der Waals surface area contributed by atoms with Crippen LogP contribution in [0.2, 0.25) is 0 Å². The largest absolute Gasteiger partial charge is 0.301 e. The maximum atomic E-state index is 8.16. The molecule has 0 N–H and O–H groups in total. The van der Waals surface area contributed by atoms with Crippen molar-refractivity contribution in [2.24, 2.45) is 5.11 Å². The molecular formula is C9H18N4. The third kappa shape index (κ3) is 3.66. The van der Waals surface area contributed by atoms with E-state index in [1.54, 1.807) is 0 Å². The predicted molar refractivity (Wildman–Crippen MR) is 53.5 cm³/mol. The average molecular weight is 182 g/mol. The summed E-state index contributed by atoms with van der Waals surface area (Å²) in [7, 11) is 0. The fourth-order valence-electron chi connectivity index (χ4n) is 1.88. The highest BCUT2D eigenvalue weighted by Gasteiger charge is 2.15. The molecule has 1 unspecified atom stereocenters. The molecule has 0 aromatic heterocycles. The summed E-state index contributed by atoms with van der Waals surface area (Å²) in [5, 5.41) is 3.57. The van der Waals surface area contributed by atoms with Gasteiger partial charge in [0.1, 0.15) is 0 Å². The summed E-state index contributed by atoms with van der Waals surface area (Å²) < 4.78 is 0. The highest BCUT2D eigenvalue weighted by molar-refractivity contribution is 4.71. The standard InChI is InChI=1S/C9H18N4/c1-9-5-3-2-4-7-13(9)8-6-11-12-10/h9H,2-8H2,1H3. The Bertz CT molecular complexity index is 186. The summed E-state index contributed by atoms with van der Waals surface area (Å²) >= 11 is 0. The lowest BCUT2D eigenvalue weighted by atomic mass is 10.1. The van der Waals surface area contributed by atoms with E-state index in [1.807, 2.05) is 0 Å². The lowest BCUT2D eigenvalue weighted by Crippen LogP contribution is -2.34. The molecule has 0 saturated carbocycles. The quantitative estimate of drug-likeness (QED) is 0.376. The summed E-state index contributed by atoms with van der Waals surface area (Å²) in [6.07, 6.45) is 5.28. The number of likely N-dealkylation sites (tertiary alicyclic amines) is 1. The van der Waals surface area contributed by atoms with Crippen LogP contribution in [0.5, 0.6) is 0 Å². The van der Waals surface area contributed by atoms with Gasteiger partial charge in [-0.1, -0.05) is 18.0 Å². The van der Waals surface area contributed by atoms with Gasteiger partial charge in [0.2, 0.25) is 0 Å². The molecule has 0 radical (unpaired) electrons. The molecule has 1 heterocycles. The van der Waals surface area contributed by atoms with E-state index in [0.717, 1.165) is 6.54 Å². The minimum absolute atomic E-state index is 0.612. The number of hydrogen-bond acceptors (Lipinski definition) is 2. The van der Waals surface area contributed by atoms with Gasteiger partial charge in [0.05, 0.1) is 0 Å². The van der Waals surface area contributed by atoms with E-state index in [1.165, 1.54) is 32.2 Å². The van der Waals surface area contributed by atoms with E-state index in [-0.39, 0.29) is 0 Å². The molecule has 0 aromatic carbocycles. The first-order chi connectivity index (χ1) is 6.34. The van der Waals surface area contributed by atoms with Crippen molar-refractivity contribution < 1.29 is 0 Å². The Balaban J connectivity index is 2.31. The van der Waals surface area contributed by atoms with Crippen LogP contribution in [0.4, 0.5) is 0 Å². The molecule has 1 fully saturated rings. The first kappa shape index (κ1) is 10.4. The minimum Gasteiger partial charge on any atom is -0.301 e. The van der Waals surface area contributed by atoms with Crippen LogP contribution >= 0.6 is 0 Å². The number of nitrogens with zero attached hydrogens (tertiary/aromatic N) is 4. The Hall–Kier alpha value is -0.730. The molecule has 1 aliphatic rings. The molecule has 4 nitrogen and oxygen atoms in total. The second kappa shape index (κ2) is 5.84. The molecule has 1 atom stereocenters. The van der Waals surface area contributed by atoms with Gasteiger partial charge in [-0.25, -0.2) is 0 Å². The first-order valence-corrected chi connectivity index (χ1v) is 5.09. The van der Waals surface area contributed by atoms with Gasteiger partial charge in [-0.15, -0.1) is 0 Å². The van der Waals surface area contributed by atoms with Crippen LogP contribution in [-0.2, 0) is 0 Å². The Morgan fingerprint density at radius 1 is 1.46 bits per heavy atom. The van der Waals surface area contributed by atoms with Gasteiger partial charge >= 0.3 is 0 Å². The van der Waals surface area contributed by atoms with Crippen LogP contribution in [0.15, 0.2) is 5.11 Å². The van der Waals surface area contributed by atoms with Crippen LogP contribution in [0, 0.1) is 0 Å². The molecule has 1 saturated heterocycles. The van der Waals surface area contributed by atoms with Gasteiger partial charge < -0.3 is 4.90 Å². The van der Waals surface area contributed by atoms with E-state index in [0.29, 0.717) is 12.6 Å². The molecule has 0 spiro atoms. The zero-order valence-corrected chi connectivity index (χ0v) is 8.32. The molecule has 0 amide bonds. The summed E-state index contributed by atoms with van der Waals surface area (Å²) in [4.78, 5) is 5.20. The Kier molecular flexibility index (Phi) is 4.65. The maximum Gasteiger partial charge on any atom is 0.0385 e. The minimum atomic E-state index is 0.612. The van der Waals surface area contributed by atoms with E-state index < -0.39 is 0 Å². The number of azide groups is 1. The van der Waals surface area contributed by atoms with Crippen LogP contribution in [-0.4, -0.2) is 30.6 Å². The second-order valence-electron chi connectivity index (χ2n) is 3.69. The van der Waals surface area contributed by atoms with Gasteiger partial charge in [0.25, 0.3) is 0 Å². The molecule has 1 rings (SSSR count). The molecular weight excluding hydrogens is 164 g/mol. The Labute approximate surface area is 79.5 Å². The zero-order valence-electron chi connectivity index (χ0n) is 8.32. The van der Waals surface area contributed by atoms with Gasteiger partial charge in [0.15, 0.2) is 0 Å². The highest BCUT2D eigenvalue weighted by Crippen LogP contribution is 2.15. The fraction of sp³-hybridized carbons (Fsp3) is 1.00. The third-order valence-electron chi connectivity index (χ3n) is 2.74. The third-order valence-corrected chi connectivity index (χ3v) is 2.74. The van der Waals surface area contributed by atoms with Crippen molar-refractivity contribution in [1.82, 2.24) is 4.90 Å². The SMILES string of the molecule is CC1CCCCCN1CCN=[N+]=[N-]. The number of rotatable bonds is 3. The normalized spacial score (nSPS) is 24.8. The molecule has 0 bridgehead atoms. The molecule has 4 heteroatoms. The summed E-state index contributed by atoms with van der Waals surface area (Å²) in [6, 6.07) is 0.663. The smallest absolute Gasteiger partial charge is 0.0385 e. The van der Waals surface area contributed by atoms with Crippen molar-refractivity contribution in [3.05, 3.63) is 10.4 Å². The zero-order chi connectivity index (χ0) is 9.52. The van der Waals surface area contributed by atoms with Crippen molar-refractivity contribution >= 4 is 0 Å².